The van der Waals surface area contributed by atoms with Crippen LogP contribution in [0.3, 0.4) is 0 Å². The number of rotatable bonds is 6. The van der Waals surface area contributed by atoms with Crippen molar-refractivity contribution in [3.63, 3.8) is 0 Å². The van der Waals surface area contributed by atoms with Crippen molar-refractivity contribution in [1.29, 1.82) is 0 Å². The largest absolute Gasteiger partial charge is 0.388 e. The Bertz CT molecular complexity index is 966. The van der Waals surface area contributed by atoms with Crippen molar-refractivity contribution in [2.75, 3.05) is 26.2 Å². The number of carbonyl (C=O) groups excluding carboxylic acids is 3. The lowest BCUT2D eigenvalue weighted by Gasteiger charge is -2.34. The molecule has 4 aliphatic rings. The molecule has 0 bridgehead atoms. The summed E-state index contributed by atoms with van der Waals surface area (Å²) in [5.41, 5.74) is 1.80. The Hall–Kier alpha value is -2.29. The fraction of sp³-hybridized carbons (Fsp3) is 0.679. The van der Waals surface area contributed by atoms with Gasteiger partial charge in [-0.3, -0.25) is 14.4 Å². The maximum atomic E-state index is 13.7. The van der Waals surface area contributed by atoms with Gasteiger partial charge in [0.1, 0.15) is 30.9 Å². The second kappa shape index (κ2) is 10.6. The number of piperidine rings is 1. The number of ketones is 1. The fourth-order valence-electron chi connectivity index (χ4n) is 6.59. The molecule has 0 radical (unpaired) electrons. The summed E-state index contributed by atoms with van der Waals surface area (Å²) in [7, 11) is 0. The molecule has 1 aliphatic carbocycles. The van der Waals surface area contributed by atoms with Gasteiger partial charge in [0.15, 0.2) is 5.78 Å². The highest BCUT2D eigenvalue weighted by molar-refractivity contribution is 5.99. The van der Waals surface area contributed by atoms with E-state index < -0.39 is 24.3 Å². The van der Waals surface area contributed by atoms with E-state index in [9.17, 15) is 19.5 Å². The lowest BCUT2D eigenvalue weighted by molar-refractivity contribution is -0.139. The first-order chi connectivity index (χ1) is 17.3. The van der Waals surface area contributed by atoms with Crippen LogP contribution in [-0.2, 0) is 14.3 Å². The van der Waals surface area contributed by atoms with Crippen LogP contribution in [0.15, 0.2) is 24.3 Å². The number of carbonyl (C=O) groups is 3. The molecule has 1 aromatic rings. The van der Waals surface area contributed by atoms with Crippen LogP contribution in [0.5, 0.6) is 0 Å². The third kappa shape index (κ3) is 4.95. The molecular weight excluding hydrogens is 458 g/mol. The number of nitrogens with one attached hydrogen (secondary N) is 1. The van der Waals surface area contributed by atoms with E-state index in [-0.39, 0.29) is 36.7 Å². The van der Waals surface area contributed by atoms with Crippen LogP contribution in [-0.4, -0.2) is 89.1 Å². The standard InChI is InChI=1S/C28H39N3O5/c1-17(2)30-13-11-19(12-14-30)18-7-9-21(10-8-18)27(34)29-24(20-5-3-4-6-20)28(35)31-15-22(32)26-25(31)23(33)16-36-26/h7-10,17,19-20,22,24-26,32H,3-6,11-16H2,1-2H3,(H,29,34)/t22-,24-,25+,26+/m0/s1. The number of ether oxygens (including phenoxy) is 1. The molecular formula is C28H39N3O5. The monoisotopic (exact) mass is 497 g/mol. The van der Waals surface area contributed by atoms with Crippen molar-refractivity contribution >= 4 is 17.6 Å². The summed E-state index contributed by atoms with van der Waals surface area (Å²) in [4.78, 5) is 43.3. The molecule has 8 heteroatoms. The number of Topliss-reactive ketones (excluding diaryl/α,β-unsaturated/α-hetero) is 1. The van der Waals surface area contributed by atoms with Crippen LogP contribution >= 0.6 is 0 Å². The molecule has 2 amide bonds. The average molecular weight is 498 g/mol. The predicted octanol–water partition coefficient (Wildman–Crippen LogP) is 2.10. The van der Waals surface area contributed by atoms with E-state index in [1.54, 1.807) is 0 Å². The number of β-amino-alcohol motifs (C(OH)–C–C–N with tert-alkyl or cyclic N) is 1. The maximum absolute atomic E-state index is 13.7. The average Bonchev–Trinajstić information content (AvgIpc) is 3.62. The highest BCUT2D eigenvalue weighted by Crippen LogP contribution is 2.33. The zero-order valence-electron chi connectivity index (χ0n) is 21.4. The molecule has 2 N–H and O–H groups in total. The zero-order chi connectivity index (χ0) is 25.4. The molecule has 0 spiro atoms. The molecule has 4 fully saturated rings. The first-order valence-corrected chi connectivity index (χ1v) is 13.6. The van der Waals surface area contributed by atoms with E-state index in [0.29, 0.717) is 17.5 Å². The highest BCUT2D eigenvalue weighted by atomic mass is 16.5. The number of benzene rings is 1. The molecule has 36 heavy (non-hydrogen) atoms. The van der Waals surface area contributed by atoms with Crippen molar-refractivity contribution in [2.24, 2.45) is 5.92 Å². The van der Waals surface area contributed by atoms with Crippen LogP contribution in [0.25, 0.3) is 0 Å². The number of likely N-dealkylation sites (tertiary alicyclic amines) is 2. The van der Waals surface area contributed by atoms with Crippen molar-refractivity contribution < 1.29 is 24.2 Å². The van der Waals surface area contributed by atoms with Gasteiger partial charge in [-0.15, -0.1) is 0 Å². The molecule has 0 unspecified atom stereocenters. The molecule has 1 aromatic carbocycles. The Balaban J connectivity index is 1.27. The van der Waals surface area contributed by atoms with Crippen LogP contribution in [0.1, 0.15) is 74.2 Å². The molecule has 1 saturated carbocycles. The molecule has 0 aromatic heterocycles. The fourth-order valence-corrected chi connectivity index (χ4v) is 6.59. The van der Waals surface area contributed by atoms with Crippen LogP contribution in [0.4, 0.5) is 0 Å². The van der Waals surface area contributed by atoms with Gasteiger partial charge >= 0.3 is 0 Å². The summed E-state index contributed by atoms with van der Waals surface area (Å²) in [6, 6.07) is 6.93. The number of amides is 2. The van der Waals surface area contributed by atoms with Crippen molar-refractivity contribution in [3.8, 4) is 0 Å². The Kier molecular flexibility index (Phi) is 7.47. The normalized spacial score (nSPS) is 28.6. The predicted molar refractivity (Wildman–Crippen MR) is 135 cm³/mol. The topological polar surface area (TPSA) is 99.2 Å². The van der Waals surface area contributed by atoms with E-state index in [2.05, 4.69) is 24.1 Å². The maximum Gasteiger partial charge on any atom is 0.251 e. The SMILES string of the molecule is CC(C)N1CCC(c2ccc(C(=O)N[C@H](C(=O)N3C[C@H](O)[C@H]4OCC(=O)[C@H]43)C3CCCC3)cc2)CC1. The highest BCUT2D eigenvalue weighted by Gasteiger charge is 2.53. The number of aliphatic hydroxyl groups is 1. The van der Waals surface area contributed by atoms with Crippen molar-refractivity contribution in [1.82, 2.24) is 15.1 Å². The Morgan fingerprint density at radius 3 is 2.36 bits per heavy atom. The number of nitrogens with zero attached hydrogens (tertiary/aromatic N) is 2. The third-order valence-electron chi connectivity index (χ3n) is 8.77. The zero-order valence-corrected chi connectivity index (χ0v) is 21.4. The first kappa shape index (κ1) is 25.4. The minimum Gasteiger partial charge on any atom is -0.388 e. The second-order valence-corrected chi connectivity index (χ2v) is 11.3. The summed E-state index contributed by atoms with van der Waals surface area (Å²) in [6.07, 6.45) is 4.45. The van der Waals surface area contributed by atoms with Gasteiger partial charge in [0.2, 0.25) is 5.91 Å². The second-order valence-electron chi connectivity index (χ2n) is 11.3. The van der Waals surface area contributed by atoms with Gasteiger partial charge in [-0.05, 0) is 82.2 Å². The quantitative estimate of drug-likeness (QED) is 0.625. The molecule has 3 saturated heterocycles. The third-order valence-corrected chi connectivity index (χ3v) is 8.77. The molecule has 4 atom stereocenters. The van der Waals surface area contributed by atoms with Gasteiger partial charge in [0, 0.05) is 11.6 Å². The van der Waals surface area contributed by atoms with Crippen LogP contribution in [0.2, 0.25) is 0 Å². The van der Waals surface area contributed by atoms with E-state index in [0.717, 1.165) is 51.6 Å². The van der Waals surface area contributed by atoms with Crippen LogP contribution < -0.4 is 5.32 Å². The summed E-state index contributed by atoms with van der Waals surface area (Å²) in [6.45, 7) is 6.64. The number of aliphatic hydroxyl groups excluding tert-OH is 1. The summed E-state index contributed by atoms with van der Waals surface area (Å²) in [5.74, 6) is -0.205. The lowest BCUT2D eigenvalue weighted by atomic mass is 9.88. The number of hydrogen-bond acceptors (Lipinski definition) is 6. The van der Waals surface area contributed by atoms with Gasteiger partial charge in [0.25, 0.3) is 5.91 Å². The first-order valence-electron chi connectivity index (χ1n) is 13.6. The Labute approximate surface area is 213 Å². The van der Waals surface area contributed by atoms with Crippen molar-refractivity contribution in [3.05, 3.63) is 35.4 Å². The number of fused-ring (bicyclic) bond motifs is 1. The summed E-state index contributed by atoms with van der Waals surface area (Å²) >= 11 is 0. The Morgan fingerprint density at radius 1 is 1.06 bits per heavy atom. The van der Waals surface area contributed by atoms with Gasteiger partial charge in [0.05, 0.1) is 6.54 Å². The van der Waals surface area contributed by atoms with E-state index in [4.69, 9.17) is 4.74 Å². The smallest absolute Gasteiger partial charge is 0.251 e. The van der Waals surface area contributed by atoms with E-state index >= 15 is 0 Å². The summed E-state index contributed by atoms with van der Waals surface area (Å²) < 4.78 is 5.43. The van der Waals surface area contributed by atoms with Crippen molar-refractivity contribution in [2.45, 2.75) is 88.6 Å². The Morgan fingerprint density at radius 2 is 1.72 bits per heavy atom. The lowest BCUT2D eigenvalue weighted by Crippen LogP contribution is -2.54. The summed E-state index contributed by atoms with van der Waals surface area (Å²) in [5, 5.41) is 13.4. The molecule has 196 valence electrons. The molecule has 8 nitrogen and oxygen atoms in total. The van der Waals surface area contributed by atoms with E-state index in [1.807, 2.05) is 24.3 Å². The molecule has 5 rings (SSSR count). The minimum absolute atomic E-state index is 0.0282. The molecule has 3 aliphatic heterocycles. The van der Waals surface area contributed by atoms with Gasteiger partial charge in [-0.2, -0.15) is 0 Å². The minimum atomic E-state index is -0.884. The van der Waals surface area contributed by atoms with Gasteiger partial charge < -0.3 is 25.0 Å². The van der Waals surface area contributed by atoms with E-state index in [1.165, 1.54) is 10.5 Å². The van der Waals surface area contributed by atoms with Gasteiger partial charge in [-0.25, -0.2) is 0 Å². The van der Waals surface area contributed by atoms with Crippen LogP contribution in [0, 0.1) is 5.92 Å². The number of hydrogen-bond donors (Lipinski definition) is 2. The molecule has 3 heterocycles. The van der Waals surface area contributed by atoms with Gasteiger partial charge in [-0.1, -0.05) is 25.0 Å².